The van der Waals surface area contributed by atoms with Crippen molar-refractivity contribution in [2.24, 2.45) is 11.7 Å². The monoisotopic (exact) mass is 327 g/mol. The van der Waals surface area contributed by atoms with Crippen LogP contribution in [0.2, 0.25) is 0 Å². The molecule has 5 nitrogen and oxygen atoms in total. The molecule has 1 atom stereocenters. The van der Waals surface area contributed by atoms with E-state index in [-0.39, 0.29) is 30.1 Å². The highest BCUT2D eigenvalue weighted by Crippen LogP contribution is 2.24. The third kappa shape index (κ3) is 5.66. The predicted molar refractivity (Wildman–Crippen MR) is 93.4 cm³/mol. The molecule has 4 N–H and O–H groups in total. The number of hydrogen-bond donors (Lipinski definition) is 3. The maximum atomic E-state index is 12.0. The van der Waals surface area contributed by atoms with Crippen LogP contribution in [0.1, 0.15) is 39.2 Å². The van der Waals surface area contributed by atoms with Gasteiger partial charge < -0.3 is 16.4 Å². The molecule has 0 bridgehead atoms. The van der Waals surface area contributed by atoms with Gasteiger partial charge in [-0.05, 0) is 37.0 Å². The van der Waals surface area contributed by atoms with Crippen LogP contribution in [0.15, 0.2) is 18.2 Å². The summed E-state index contributed by atoms with van der Waals surface area (Å²) in [7, 11) is 0. The molecule has 0 aromatic heterocycles. The minimum Gasteiger partial charge on any atom is -0.326 e. The quantitative estimate of drug-likeness (QED) is 0.750. The van der Waals surface area contributed by atoms with Crippen molar-refractivity contribution in [1.29, 1.82) is 0 Å². The second kappa shape index (κ2) is 9.43. The van der Waals surface area contributed by atoms with Crippen LogP contribution in [-0.2, 0) is 9.59 Å². The topological polar surface area (TPSA) is 84.2 Å². The van der Waals surface area contributed by atoms with Crippen LogP contribution in [0.3, 0.4) is 0 Å². The molecular formula is C16H26ClN3O2. The second-order valence-corrected chi connectivity index (χ2v) is 5.54. The van der Waals surface area contributed by atoms with Gasteiger partial charge in [-0.2, -0.15) is 0 Å². The van der Waals surface area contributed by atoms with Gasteiger partial charge in [0.15, 0.2) is 0 Å². The van der Waals surface area contributed by atoms with Crippen LogP contribution >= 0.6 is 12.4 Å². The Balaban J connectivity index is 0.00000441. The first-order valence-electron chi connectivity index (χ1n) is 7.32. The zero-order valence-corrected chi connectivity index (χ0v) is 14.4. The van der Waals surface area contributed by atoms with Crippen molar-refractivity contribution < 1.29 is 9.59 Å². The number of hydrogen-bond acceptors (Lipinski definition) is 3. The van der Waals surface area contributed by atoms with E-state index in [1.165, 1.54) is 0 Å². The number of halogens is 1. The van der Waals surface area contributed by atoms with Gasteiger partial charge in [0, 0.05) is 17.8 Å². The van der Waals surface area contributed by atoms with E-state index in [1.54, 1.807) is 12.1 Å². The van der Waals surface area contributed by atoms with Crippen molar-refractivity contribution in [3.8, 4) is 0 Å². The Morgan fingerprint density at radius 2 is 1.73 bits per heavy atom. The van der Waals surface area contributed by atoms with Crippen LogP contribution in [0, 0.1) is 12.8 Å². The summed E-state index contributed by atoms with van der Waals surface area (Å²) in [6.07, 6.45) is 1.28. The third-order valence-corrected chi connectivity index (χ3v) is 3.36. The molecule has 1 aromatic rings. The molecule has 0 aliphatic rings. The standard InChI is InChI=1S/C16H25N3O2.ClH/c1-5-7-14(20)18-12-8-6-9-13(11(12)4)19-16(21)15(17)10(2)3;/h6,8-10,15H,5,7,17H2,1-4H3,(H,18,20)(H,19,21);1H/t15-;/m0./s1. The molecule has 1 rings (SSSR count). The lowest BCUT2D eigenvalue weighted by Gasteiger charge is -2.18. The van der Waals surface area contributed by atoms with Gasteiger partial charge in [0.05, 0.1) is 6.04 Å². The number of nitrogens with two attached hydrogens (primary N) is 1. The predicted octanol–water partition coefficient (Wildman–Crippen LogP) is 3.08. The number of carbonyl (C=O) groups excluding carboxylic acids is 2. The molecule has 0 saturated heterocycles. The smallest absolute Gasteiger partial charge is 0.241 e. The zero-order chi connectivity index (χ0) is 16.0. The summed E-state index contributed by atoms with van der Waals surface area (Å²) < 4.78 is 0. The van der Waals surface area contributed by atoms with Gasteiger partial charge in [-0.25, -0.2) is 0 Å². The van der Waals surface area contributed by atoms with Crippen LogP contribution in [0.5, 0.6) is 0 Å². The molecular weight excluding hydrogens is 302 g/mol. The molecule has 0 aliphatic heterocycles. The SMILES string of the molecule is CCCC(=O)Nc1cccc(NC(=O)[C@@H](N)C(C)C)c1C.Cl. The van der Waals surface area contributed by atoms with Gasteiger partial charge in [-0.1, -0.05) is 26.8 Å². The number of nitrogens with one attached hydrogen (secondary N) is 2. The van der Waals surface area contributed by atoms with Crippen molar-refractivity contribution >= 4 is 35.6 Å². The van der Waals surface area contributed by atoms with Gasteiger partial charge in [0.1, 0.15) is 0 Å². The second-order valence-electron chi connectivity index (χ2n) is 5.54. The van der Waals surface area contributed by atoms with Gasteiger partial charge in [-0.3, -0.25) is 9.59 Å². The summed E-state index contributed by atoms with van der Waals surface area (Å²) in [6, 6.07) is 4.87. The van der Waals surface area contributed by atoms with Crippen molar-refractivity contribution in [1.82, 2.24) is 0 Å². The van der Waals surface area contributed by atoms with Crippen molar-refractivity contribution in [2.45, 2.75) is 46.6 Å². The van der Waals surface area contributed by atoms with E-state index in [0.29, 0.717) is 17.8 Å². The van der Waals surface area contributed by atoms with Gasteiger partial charge >= 0.3 is 0 Å². The van der Waals surface area contributed by atoms with E-state index < -0.39 is 6.04 Å². The average Bonchev–Trinajstić information content (AvgIpc) is 2.42. The Kier molecular flexibility index (Phi) is 8.75. The molecule has 124 valence electrons. The number of benzene rings is 1. The van der Waals surface area contributed by atoms with E-state index >= 15 is 0 Å². The molecule has 0 fully saturated rings. The van der Waals surface area contributed by atoms with Crippen LogP contribution in [-0.4, -0.2) is 17.9 Å². The molecule has 0 saturated carbocycles. The van der Waals surface area contributed by atoms with E-state index in [9.17, 15) is 9.59 Å². The van der Waals surface area contributed by atoms with E-state index in [0.717, 1.165) is 12.0 Å². The van der Waals surface area contributed by atoms with Gasteiger partial charge in [0.2, 0.25) is 11.8 Å². The largest absolute Gasteiger partial charge is 0.326 e. The molecule has 0 radical (unpaired) electrons. The van der Waals surface area contributed by atoms with Gasteiger partial charge in [0.25, 0.3) is 0 Å². The lowest BCUT2D eigenvalue weighted by molar-refractivity contribution is -0.118. The molecule has 0 aliphatic carbocycles. The number of carbonyl (C=O) groups is 2. The number of rotatable bonds is 6. The van der Waals surface area contributed by atoms with Crippen LogP contribution in [0.4, 0.5) is 11.4 Å². The summed E-state index contributed by atoms with van der Waals surface area (Å²) in [5, 5.41) is 5.68. The first kappa shape index (κ1) is 20.4. The lowest BCUT2D eigenvalue weighted by atomic mass is 10.0. The Bertz CT molecular complexity index is 518. The Morgan fingerprint density at radius 1 is 1.18 bits per heavy atom. The minimum absolute atomic E-state index is 0. The van der Waals surface area contributed by atoms with Crippen molar-refractivity contribution in [3.05, 3.63) is 23.8 Å². The first-order chi connectivity index (χ1) is 9.86. The zero-order valence-electron chi connectivity index (χ0n) is 13.6. The van der Waals surface area contributed by atoms with Crippen LogP contribution < -0.4 is 16.4 Å². The number of anilines is 2. The summed E-state index contributed by atoms with van der Waals surface area (Å²) in [5.74, 6) is -0.175. The fourth-order valence-corrected chi connectivity index (χ4v) is 1.87. The lowest BCUT2D eigenvalue weighted by Crippen LogP contribution is -2.39. The Labute approximate surface area is 138 Å². The molecule has 0 spiro atoms. The van der Waals surface area contributed by atoms with E-state index in [4.69, 9.17) is 5.73 Å². The molecule has 0 unspecified atom stereocenters. The van der Waals surface area contributed by atoms with Crippen molar-refractivity contribution in [2.75, 3.05) is 10.6 Å². The molecule has 0 heterocycles. The Hall–Kier alpha value is -1.59. The average molecular weight is 328 g/mol. The molecule has 1 aromatic carbocycles. The maximum Gasteiger partial charge on any atom is 0.241 e. The highest BCUT2D eigenvalue weighted by molar-refractivity contribution is 5.97. The summed E-state index contributed by atoms with van der Waals surface area (Å²) in [4.78, 5) is 23.7. The fourth-order valence-electron chi connectivity index (χ4n) is 1.87. The normalized spacial score (nSPS) is 11.5. The van der Waals surface area contributed by atoms with Crippen LogP contribution in [0.25, 0.3) is 0 Å². The number of amides is 2. The van der Waals surface area contributed by atoms with E-state index in [2.05, 4.69) is 10.6 Å². The minimum atomic E-state index is -0.553. The van der Waals surface area contributed by atoms with E-state index in [1.807, 2.05) is 33.8 Å². The fraction of sp³-hybridized carbons (Fsp3) is 0.500. The maximum absolute atomic E-state index is 12.0. The van der Waals surface area contributed by atoms with Gasteiger partial charge in [-0.15, -0.1) is 12.4 Å². The van der Waals surface area contributed by atoms with Crippen molar-refractivity contribution in [3.63, 3.8) is 0 Å². The molecule has 2 amide bonds. The first-order valence-corrected chi connectivity index (χ1v) is 7.32. The highest BCUT2D eigenvalue weighted by atomic mass is 35.5. The highest BCUT2D eigenvalue weighted by Gasteiger charge is 2.18. The molecule has 22 heavy (non-hydrogen) atoms. The Morgan fingerprint density at radius 3 is 2.23 bits per heavy atom. The molecule has 6 heteroatoms. The third-order valence-electron chi connectivity index (χ3n) is 3.36. The summed E-state index contributed by atoms with van der Waals surface area (Å²) in [6.45, 7) is 7.62. The summed E-state index contributed by atoms with van der Waals surface area (Å²) in [5.41, 5.74) is 8.04. The summed E-state index contributed by atoms with van der Waals surface area (Å²) >= 11 is 0.